The maximum atomic E-state index is 13.8. The first-order valence-corrected chi connectivity index (χ1v) is 6.54. The molecule has 0 aromatic heterocycles. The molecule has 5 heteroatoms. The second kappa shape index (κ2) is 7.60. The van der Waals surface area contributed by atoms with E-state index in [4.69, 9.17) is 5.73 Å². The lowest BCUT2D eigenvalue weighted by Gasteiger charge is -2.27. The SMILES string of the molecule is CC(N)C(C)C(=O)NCC(C)(C)c1ccccc1F.Cl. The second-order valence-electron chi connectivity index (χ2n) is 5.73. The Labute approximate surface area is 126 Å². The lowest BCUT2D eigenvalue weighted by Crippen LogP contribution is -2.43. The average molecular weight is 303 g/mol. The number of nitrogens with two attached hydrogens (primary N) is 1. The Kier molecular flexibility index (Phi) is 7.17. The van der Waals surface area contributed by atoms with Gasteiger partial charge in [0, 0.05) is 23.9 Å². The van der Waals surface area contributed by atoms with Gasteiger partial charge < -0.3 is 11.1 Å². The minimum Gasteiger partial charge on any atom is -0.355 e. The van der Waals surface area contributed by atoms with Crippen LogP contribution in [-0.4, -0.2) is 18.5 Å². The molecule has 20 heavy (non-hydrogen) atoms. The highest BCUT2D eigenvalue weighted by Crippen LogP contribution is 2.24. The van der Waals surface area contributed by atoms with E-state index in [1.165, 1.54) is 6.07 Å². The van der Waals surface area contributed by atoms with E-state index in [0.29, 0.717) is 12.1 Å². The molecular weight excluding hydrogens is 279 g/mol. The van der Waals surface area contributed by atoms with Crippen molar-refractivity contribution in [3.8, 4) is 0 Å². The molecule has 0 saturated carbocycles. The van der Waals surface area contributed by atoms with E-state index >= 15 is 0 Å². The smallest absolute Gasteiger partial charge is 0.224 e. The molecule has 0 aliphatic carbocycles. The van der Waals surface area contributed by atoms with Gasteiger partial charge in [-0.3, -0.25) is 4.79 Å². The molecule has 2 unspecified atom stereocenters. The van der Waals surface area contributed by atoms with Gasteiger partial charge in [-0.15, -0.1) is 12.4 Å². The molecule has 0 saturated heterocycles. The number of nitrogens with one attached hydrogen (secondary N) is 1. The zero-order valence-corrected chi connectivity index (χ0v) is 13.3. The van der Waals surface area contributed by atoms with Crippen molar-refractivity contribution < 1.29 is 9.18 Å². The van der Waals surface area contributed by atoms with Crippen LogP contribution in [0.3, 0.4) is 0 Å². The predicted molar refractivity (Wildman–Crippen MR) is 82.5 cm³/mol. The van der Waals surface area contributed by atoms with Crippen molar-refractivity contribution in [2.24, 2.45) is 11.7 Å². The largest absolute Gasteiger partial charge is 0.355 e. The minimum absolute atomic E-state index is 0. The first-order chi connectivity index (χ1) is 8.75. The fraction of sp³-hybridized carbons (Fsp3) is 0.533. The Morgan fingerprint density at radius 1 is 1.35 bits per heavy atom. The van der Waals surface area contributed by atoms with Crippen LogP contribution in [0.5, 0.6) is 0 Å². The zero-order valence-electron chi connectivity index (χ0n) is 12.4. The topological polar surface area (TPSA) is 55.1 Å². The van der Waals surface area contributed by atoms with Gasteiger partial charge in [0.2, 0.25) is 5.91 Å². The molecule has 3 nitrogen and oxygen atoms in total. The molecule has 2 atom stereocenters. The second-order valence-corrected chi connectivity index (χ2v) is 5.73. The van der Waals surface area contributed by atoms with Crippen LogP contribution in [0.1, 0.15) is 33.3 Å². The monoisotopic (exact) mass is 302 g/mol. The Hall–Kier alpha value is -1.13. The molecule has 0 heterocycles. The summed E-state index contributed by atoms with van der Waals surface area (Å²) in [5, 5.41) is 2.84. The summed E-state index contributed by atoms with van der Waals surface area (Å²) in [4.78, 5) is 11.9. The van der Waals surface area contributed by atoms with E-state index in [9.17, 15) is 9.18 Å². The molecule has 1 aromatic carbocycles. The van der Waals surface area contributed by atoms with Gasteiger partial charge in [-0.25, -0.2) is 4.39 Å². The Balaban J connectivity index is 0.00000361. The van der Waals surface area contributed by atoms with Gasteiger partial charge in [-0.1, -0.05) is 39.0 Å². The number of amides is 1. The molecule has 114 valence electrons. The molecular formula is C15H24ClFN2O. The molecule has 1 rings (SSSR count). The van der Waals surface area contributed by atoms with E-state index in [0.717, 1.165) is 0 Å². The highest BCUT2D eigenvalue weighted by molar-refractivity contribution is 5.85. The lowest BCUT2D eigenvalue weighted by atomic mass is 9.84. The van der Waals surface area contributed by atoms with Crippen LogP contribution >= 0.6 is 12.4 Å². The minimum atomic E-state index is -0.460. The van der Waals surface area contributed by atoms with E-state index in [-0.39, 0.29) is 36.1 Å². The van der Waals surface area contributed by atoms with Gasteiger partial charge in [-0.2, -0.15) is 0 Å². The van der Waals surface area contributed by atoms with Crippen LogP contribution in [0.2, 0.25) is 0 Å². The summed E-state index contributed by atoms with van der Waals surface area (Å²) in [7, 11) is 0. The fourth-order valence-electron chi connectivity index (χ4n) is 1.81. The molecule has 3 N–H and O–H groups in total. The number of hydrogen-bond acceptors (Lipinski definition) is 2. The highest BCUT2D eigenvalue weighted by Gasteiger charge is 2.26. The summed E-state index contributed by atoms with van der Waals surface area (Å²) in [6.45, 7) is 7.77. The average Bonchev–Trinajstić information content (AvgIpc) is 2.35. The summed E-state index contributed by atoms with van der Waals surface area (Å²) in [5.74, 6) is -0.599. The Morgan fingerprint density at radius 3 is 2.40 bits per heavy atom. The third-order valence-electron chi connectivity index (χ3n) is 3.51. The number of carbonyl (C=O) groups excluding carboxylic acids is 1. The van der Waals surface area contributed by atoms with Crippen molar-refractivity contribution in [3.63, 3.8) is 0 Å². The van der Waals surface area contributed by atoms with E-state index in [2.05, 4.69) is 5.32 Å². The molecule has 1 amide bonds. The number of rotatable bonds is 5. The van der Waals surface area contributed by atoms with E-state index in [1.807, 2.05) is 13.8 Å². The van der Waals surface area contributed by atoms with Crippen molar-refractivity contribution in [1.29, 1.82) is 0 Å². The Morgan fingerprint density at radius 2 is 1.90 bits per heavy atom. The van der Waals surface area contributed by atoms with Crippen molar-refractivity contribution in [1.82, 2.24) is 5.32 Å². The number of halogens is 2. The van der Waals surface area contributed by atoms with Gasteiger partial charge in [0.1, 0.15) is 5.82 Å². The van der Waals surface area contributed by atoms with Crippen molar-refractivity contribution >= 4 is 18.3 Å². The molecule has 0 fully saturated rings. The van der Waals surface area contributed by atoms with Crippen LogP contribution < -0.4 is 11.1 Å². The lowest BCUT2D eigenvalue weighted by molar-refractivity contribution is -0.125. The van der Waals surface area contributed by atoms with Crippen LogP contribution in [-0.2, 0) is 10.2 Å². The first kappa shape index (κ1) is 18.9. The molecule has 0 aliphatic heterocycles. The number of carbonyl (C=O) groups is 1. The van der Waals surface area contributed by atoms with E-state index < -0.39 is 5.41 Å². The van der Waals surface area contributed by atoms with Crippen LogP contribution in [0, 0.1) is 11.7 Å². The van der Waals surface area contributed by atoms with Gasteiger partial charge >= 0.3 is 0 Å². The van der Waals surface area contributed by atoms with Crippen LogP contribution in [0.15, 0.2) is 24.3 Å². The molecule has 1 aromatic rings. The standard InChI is InChI=1S/C15H23FN2O.ClH/c1-10(11(2)17)14(19)18-9-15(3,4)12-7-5-6-8-13(12)16;/h5-8,10-11H,9,17H2,1-4H3,(H,18,19);1H. The third-order valence-corrected chi connectivity index (χ3v) is 3.51. The third kappa shape index (κ3) is 4.76. The first-order valence-electron chi connectivity index (χ1n) is 6.54. The Bertz CT molecular complexity index is 449. The molecule has 0 aliphatic rings. The molecule has 0 bridgehead atoms. The number of benzene rings is 1. The van der Waals surface area contributed by atoms with Crippen molar-refractivity contribution in [2.75, 3.05) is 6.54 Å². The summed E-state index contributed by atoms with van der Waals surface area (Å²) >= 11 is 0. The summed E-state index contributed by atoms with van der Waals surface area (Å²) in [5.41, 5.74) is 5.83. The summed E-state index contributed by atoms with van der Waals surface area (Å²) in [6, 6.07) is 6.44. The molecule has 0 spiro atoms. The number of hydrogen-bond donors (Lipinski definition) is 2. The van der Waals surface area contributed by atoms with E-state index in [1.54, 1.807) is 32.0 Å². The molecule has 0 radical (unpaired) electrons. The zero-order chi connectivity index (χ0) is 14.6. The van der Waals surface area contributed by atoms with Crippen LogP contribution in [0.25, 0.3) is 0 Å². The maximum Gasteiger partial charge on any atom is 0.224 e. The van der Waals surface area contributed by atoms with Gasteiger partial charge in [0.15, 0.2) is 0 Å². The van der Waals surface area contributed by atoms with Gasteiger partial charge in [0.25, 0.3) is 0 Å². The van der Waals surface area contributed by atoms with Crippen LogP contribution in [0.4, 0.5) is 4.39 Å². The quantitative estimate of drug-likeness (QED) is 0.878. The highest BCUT2D eigenvalue weighted by atomic mass is 35.5. The van der Waals surface area contributed by atoms with Crippen molar-refractivity contribution in [3.05, 3.63) is 35.6 Å². The fourth-order valence-corrected chi connectivity index (χ4v) is 1.81. The normalized spacial score (nSPS) is 14.1. The summed E-state index contributed by atoms with van der Waals surface area (Å²) in [6.07, 6.45) is 0. The van der Waals surface area contributed by atoms with Gasteiger partial charge in [0.05, 0.1) is 0 Å². The van der Waals surface area contributed by atoms with Gasteiger partial charge in [-0.05, 0) is 18.6 Å². The van der Waals surface area contributed by atoms with Crippen molar-refractivity contribution in [2.45, 2.75) is 39.2 Å². The predicted octanol–water partition coefficient (Wildman–Crippen LogP) is 2.62. The maximum absolute atomic E-state index is 13.8. The summed E-state index contributed by atoms with van der Waals surface area (Å²) < 4.78 is 13.8.